The van der Waals surface area contributed by atoms with Crippen molar-refractivity contribution in [3.63, 3.8) is 0 Å². The van der Waals surface area contributed by atoms with E-state index in [4.69, 9.17) is 5.73 Å². The van der Waals surface area contributed by atoms with Gasteiger partial charge in [0.2, 0.25) is 5.91 Å². The molecule has 1 aromatic rings. The van der Waals surface area contributed by atoms with E-state index in [0.29, 0.717) is 23.3 Å². The number of aromatic nitrogens is 1. The third-order valence-corrected chi connectivity index (χ3v) is 3.55. The van der Waals surface area contributed by atoms with Crippen molar-refractivity contribution in [1.82, 2.24) is 9.88 Å². The number of carbonyl (C=O) groups is 2. The average Bonchev–Trinajstić information content (AvgIpc) is 2.39. The molecule has 1 aromatic heterocycles. The van der Waals surface area contributed by atoms with Crippen molar-refractivity contribution in [3.8, 4) is 0 Å². The van der Waals surface area contributed by atoms with Gasteiger partial charge in [-0.2, -0.15) is 0 Å². The van der Waals surface area contributed by atoms with E-state index in [-0.39, 0.29) is 17.7 Å². The zero-order chi connectivity index (χ0) is 13.1. The summed E-state index contributed by atoms with van der Waals surface area (Å²) in [5, 5.41) is 0. The van der Waals surface area contributed by atoms with Gasteiger partial charge in [0.25, 0.3) is 5.91 Å². The molecule has 2 heterocycles. The molecule has 1 aliphatic rings. The summed E-state index contributed by atoms with van der Waals surface area (Å²) >= 11 is 3.22. The molecule has 0 spiro atoms. The Morgan fingerprint density at radius 1 is 1.44 bits per heavy atom. The summed E-state index contributed by atoms with van der Waals surface area (Å²) in [5.41, 5.74) is 5.82. The Bertz CT molecular complexity index is 461. The zero-order valence-corrected chi connectivity index (χ0v) is 11.4. The van der Waals surface area contributed by atoms with Gasteiger partial charge >= 0.3 is 0 Å². The highest BCUT2D eigenvalue weighted by Gasteiger charge is 2.27. The summed E-state index contributed by atoms with van der Waals surface area (Å²) < 4.78 is 0.688. The standard InChI is InChI=1S/C12H14BrN3O2/c13-10-4-3-8(6-15-10)12(18)16-5-1-2-9(7-16)11(14)17/h3-4,6,9H,1-2,5,7H2,(H2,14,17). The molecule has 2 amide bonds. The lowest BCUT2D eigenvalue weighted by Gasteiger charge is -2.31. The molecule has 0 bridgehead atoms. The van der Waals surface area contributed by atoms with Gasteiger partial charge in [-0.15, -0.1) is 0 Å². The Morgan fingerprint density at radius 2 is 2.22 bits per heavy atom. The minimum atomic E-state index is -0.332. The van der Waals surface area contributed by atoms with Crippen molar-refractivity contribution in [2.24, 2.45) is 11.7 Å². The molecule has 1 saturated heterocycles. The van der Waals surface area contributed by atoms with Gasteiger partial charge in [-0.1, -0.05) is 0 Å². The molecule has 1 fully saturated rings. The van der Waals surface area contributed by atoms with Gasteiger partial charge in [-0.25, -0.2) is 4.98 Å². The highest BCUT2D eigenvalue weighted by atomic mass is 79.9. The van der Waals surface area contributed by atoms with Crippen molar-refractivity contribution in [2.45, 2.75) is 12.8 Å². The fourth-order valence-corrected chi connectivity index (χ4v) is 2.31. The van der Waals surface area contributed by atoms with Crippen LogP contribution in [0.5, 0.6) is 0 Å². The SMILES string of the molecule is NC(=O)C1CCCN(C(=O)c2ccc(Br)nc2)C1. The van der Waals surface area contributed by atoms with Crippen LogP contribution >= 0.6 is 15.9 Å². The number of hydrogen-bond donors (Lipinski definition) is 1. The van der Waals surface area contributed by atoms with Crippen LogP contribution < -0.4 is 5.73 Å². The molecule has 5 nitrogen and oxygen atoms in total. The van der Waals surface area contributed by atoms with Crippen LogP contribution in [0, 0.1) is 5.92 Å². The molecule has 2 rings (SSSR count). The van der Waals surface area contributed by atoms with Crippen molar-refractivity contribution < 1.29 is 9.59 Å². The molecule has 1 aliphatic heterocycles. The van der Waals surface area contributed by atoms with E-state index < -0.39 is 0 Å². The second-order valence-electron chi connectivity index (χ2n) is 4.36. The van der Waals surface area contributed by atoms with Gasteiger partial charge in [0.05, 0.1) is 11.5 Å². The molecule has 0 saturated carbocycles. The van der Waals surface area contributed by atoms with E-state index in [1.165, 1.54) is 6.20 Å². The maximum Gasteiger partial charge on any atom is 0.255 e. The number of amides is 2. The lowest BCUT2D eigenvalue weighted by molar-refractivity contribution is -0.123. The number of rotatable bonds is 2. The number of piperidine rings is 1. The fourth-order valence-electron chi connectivity index (χ4n) is 2.08. The molecular formula is C12H14BrN3O2. The molecule has 0 radical (unpaired) electrons. The topological polar surface area (TPSA) is 76.3 Å². The molecule has 0 aromatic carbocycles. The molecule has 96 valence electrons. The van der Waals surface area contributed by atoms with Gasteiger partial charge < -0.3 is 10.6 Å². The third kappa shape index (κ3) is 2.87. The first-order valence-electron chi connectivity index (χ1n) is 5.78. The highest BCUT2D eigenvalue weighted by molar-refractivity contribution is 9.10. The van der Waals surface area contributed by atoms with Gasteiger partial charge in [-0.05, 0) is 40.9 Å². The maximum atomic E-state index is 12.2. The van der Waals surface area contributed by atoms with Crippen LogP contribution in [0.15, 0.2) is 22.9 Å². The van der Waals surface area contributed by atoms with Crippen LogP contribution in [0.3, 0.4) is 0 Å². The van der Waals surface area contributed by atoms with Gasteiger partial charge in [0.15, 0.2) is 0 Å². The number of nitrogens with zero attached hydrogens (tertiary/aromatic N) is 2. The summed E-state index contributed by atoms with van der Waals surface area (Å²) in [6.45, 7) is 1.07. The quantitative estimate of drug-likeness (QED) is 0.833. The van der Waals surface area contributed by atoms with Crippen molar-refractivity contribution >= 4 is 27.7 Å². The smallest absolute Gasteiger partial charge is 0.255 e. The monoisotopic (exact) mass is 311 g/mol. The number of primary amides is 1. The van der Waals surface area contributed by atoms with Gasteiger partial charge in [0, 0.05) is 19.3 Å². The van der Waals surface area contributed by atoms with Gasteiger partial charge in [0.1, 0.15) is 4.60 Å². The molecule has 18 heavy (non-hydrogen) atoms. The fraction of sp³-hybridized carbons (Fsp3) is 0.417. The third-order valence-electron chi connectivity index (χ3n) is 3.09. The predicted octanol–water partition coefficient (Wildman–Crippen LogP) is 1.18. The zero-order valence-electron chi connectivity index (χ0n) is 9.80. The van der Waals surface area contributed by atoms with Gasteiger partial charge in [-0.3, -0.25) is 9.59 Å². The first-order valence-corrected chi connectivity index (χ1v) is 6.57. The predicted molar refractivity (Wildman–Crippen MR) is 69.8 cm³/mol. The minimum absolute atomic E-state index is 0.0963. The number of likely N-dealkylation sites (tertiary alicyclic amines) is 1. The first kappa shape index (κ1) is 13.0. The second kappa shape index (κ2) is 5.48. The van der Waals surface area contributed by atoms with Crippen LogP contribution in [-0.2, 0) is 4.79 Å². The van der Waals surface area contributed by atoms with E-state index in [1.54, 1.807) is 17.0 Å². The Morgan fingerprint density at radius 3 is 2.83 bits per heavy atom. The number of carbonyl (C=O) groups excluding carboxylic acids is 2. The van der Waals surface area contributed by atoms with E-state index in [0.717, 1.165) is 12.8 Å². The summed E-state index contributed by atoms with van der Waals surface area (Å²) in [4.78, 5) is 29.1. The van der Waals surface area contributed by atoms with E-state index in [1.807, 2.05) is 0 Å². The molecule has 1 atom stereocenters. The maximum absolute atomic E-state index is 12.2. The normalized spacial score (nSPS) is 19.6. The summed E-state index contributed by atoms with van der Waals surface area (Å²) in [6, 6.07) is 3.44. The van der Waals surface area contributed by atoms with E-state index in [2.05, 4.69) is 20.9 Å². The summed E-state index contributed by atoms with van der Waals surface area (Å²) in [5.74, 6) is -0.659. The molecular weight excluding hydrogens is 298 g/mol. The van der Waals surface area contributed by atoms with Crippen molar-refractivity contribution in [2.75, 3.05) is 13.1 Å². The average molecular weight is 312 g/mol. The molecule has 2 N–H and O–H groups in total. The number of nitrogens with two attached hydrogens (primary N) is 1. The Balaban J connectivity index is 2.09. The summed E-state index contributed by atoms with van der Waals surface area (Å²) in [7, 11) is 0. The van der Waals surface area contributed by atoms with Crippen LogP contribution in [0.4, 0.5) is 0 Å². The van der Waals surface area contributed by atoms with Crippen LogP contribution in [0.2, 0.25) is 0 Å². The molecule has 1 unspecified atom stereocenters. The second-order valence-corrected chi connectivity index (χ2v) is 5.17. The lowest BCUT2D eigenvalue weighted by Crippen LogP contribution is -2.44. The van der Waals surface area contributed by atoms with Crippen LogP contribution in [-0.4, -0.2) is 34.8 Å². The van der Waals surface area contributed by atoms with Crippen LogP contribution in [0.1, 0.15) is 23.2 Å². The largest absolute Gasteiger partial charge is 0.369 e. The van der Waals surface area contributed by atoms with Crippen molar-refractivity contribution in [1.29, 1.82) is 0 Å². The first-order chi connectivity index (χ1) is 8.58. The van der Waals surface area contributed by atoms with E-state index >= 15 is 0 Å². The number of halogens is 1. The minimum Gasteiger partial charge on any atom is -0.369 e. The lowest BCUT2D eigenvalue weighted by atomic mass is 9.97. The highest BCUT2D eigenvalue weighted by Crippen LogP contribution is 2.18. The Hall–Kier alpha value is -1.43. The van der Waals surface area contributed by atoms with E-state index in [9.17, 15) is 9.59 Å². The van der Waals surface area contributed by atoms with Crippen LogP contribution in [0.25, 0.3) is 0 Å². The number of hydrogen-bond acceptors (Lipinski definition) is 3. The Labute approximate surface area is 113 Å². The summed E-state index contributed by atoms with van der Waals surface area (Å²) in [6.07, 6.45) is 3.10. The van der Waals surface area contributed by atoms with Crippen molar-refractivity contribution in [3.05, 3.63) is 28.5 Å². The molecule has 6 heteroatoms. The molecule has 0 aliphatic carbocycles. The number of pyridine rings is 1. The Kier molecular flexibility index (Phi) is 3.96.